The molecule has 17 atom stereocenters. The molecule has 0 aromatic rings. The van der Waals surface area contributed by atoms with Crippen molar-refractivity contribution < 1.29 is 89.4 Å². The quantitative estimate of drug-likeness (QED) is 0.0214. The standard InChI is InChI=1S/C67H111NO18/c1-3-5-7-9-11-13-15-17-19-21-23-25-27-29-31-33-35-37-39-41-43-45-55(73)68-50(51(72)44-42-40-38-36-34-32-30-28-26-24-22-20-18-16-14-12-10-8-6-4-2)49-81-65-61(79)58(76)63(53(47-70)83-65)86-67-62(80)59(77)64(54(48-71)84-67)85-66-60(78)57(75)56(74)52(46-69)82-66/h5,7,11,13,17,19,23,25-26,28-29,31,34-37,42,44,50-54,56-67,69-72,74-80H,3-4,6,8-10,12,14-16,18,20-22,24,27,30,32-33,38-41,43,45-49H2,1-2H3,(H,68,73)/b7-5-,13-11-,19-17-,25-23-,28-26+,31-29-,36-34+,37-35-,44-42+. The van der Waals surface area contributed by atoms with Gasteiger partial charge in [0.2, 0.25) is 5.91 Å². The number of aliphatic hydroxyl groups is 11. The first-order chi connectivity index (χ1) is 41.8. The largest absolute Gasteiger partial charge is 0.394 e. The van der Waals surface area contributed by atoms with Gasteiger partial charge in [0.1, 0.15) is 73.2 Å². The number of hydrogen-bond donors (Lipinski definition) is 12. The zero-order chi connectivity index (χ0) is 62.6. The molecule has 0 aliphatic carbocycles. The summed E-state index contributed by atoms with van der Waals surface area (Å²) in [6, 6.07) is -1.03. The molecule has 86 heavy (non-hydrogen) atoms. The Morgan fingerprint density at radius 3 is 1.30 bits per heavy atom. The van der Waals surface area contributed by atoms with Crippen LogP contribution >= 0.6 is 0 Å². The summed E-state index contributed by atoms with van der Waals surface area (Å²) in [5.74, 6) is -0.337. The summed E-state index contributed by atoms with van der Waals surface area (Å²) in [7, 11) is 0. The first kappa shape index (κ1) is 76.7. The molecule has 19 heteroatoms. The Morgan fingerprint density at radius 1 is 0.430 bits per heavy atom. The van der Waals surface area contributed by atoms with E-state index in [2.05, 4.69) is 116 Å². The van der Waals surface area contributed by atoms with E-state index in [4.69, 9.17) is 28.4 Å². The molecule has 492 valence electrons. The van der Waals surface area contributed by atoms with Crippen molar-refractivity contribution in [3.63, 3.8) is 0 Å². The van der Waals surface area contributed by atoms with Gasteiger partial charge in [0.25, 0.3) is 0 Å². The SMILES string of the molecule is CC/C=C\C/C=C\C/C=C\C/C=C\C/C=C\C/C=C\CCCCC(=O)NC(COC1OC(CO)C(OC2OC(CO)C(OC3OC(CO)C(O)C(O)C3O)C(O)C2O)C(O)C1O)C(O)/C=C/CC/C=C/CC/C=C/CCCCCCCCCCCC. The minimum absolute atomic E-state index is 0.170. The number of ether oxygens (including phenoxy) is 6. The van der Waals surface area contributed by atoms with Crippen molar-refractivity contribution in [3.8, 4) is 0 Å². The van der Waals surface area contributed by atoms with Gasteiger partial charge in [-0.2, -0.15) is 0 Å². The molecule has 3 aliphatic rings. The summed E-state index contributed by atoms with van der Waals surface area (Å²) < 4.78 is 34.2. The third kappa shape index (κ3) is 30.8. The molecular weight excluding hydrogens is 1110 g/mol. The van der Waals surface area contributed by atoms with Gasteiger partial charge in [0.05, 0.1) is 38.6 Å². The van der Waals surface area contributed by atoms with Crippen LogP contribution in [-0.4, -0.2) is 193 Å². The van der Waals surface area contributed by atoms with Crippen LogP contribution in [0.25, 0.3) is 0 Å². The molecule has 3 heterocycles. The summed E-state index contributed by atoms with van der Waals surface area (Å²) in [6.45, 7) is 1.53. The van der Waals surface area contributed by atoms with Crippen molar-refractivity contribution in [3.05, 3.63) is 109 Å². The van der Waals surface area contributed by atoms with Gasteiger partial charge in [0, 0.05) is 6.42 Å². The third-order valence-electron chi connectivity index (χ3n) is 15.3. The van der Waals surface area contributed by atoms with Crippen molar-refractivity contribution >= 4 is 5.91 Å². The number of carbonyl (C=O) groups is 1. The van der Waals surface area contributed by atoms with Crippen LogP contribution in [0.5, 0.6) is 0 Å². The molecule has 17 unspecified atom stereocenters. The van der Waals surface area contributed by atoms with Crippen LogP contribution in [0.15, 0.2) is 109 Å². The molecule has 3 aliphatic heterocycles. The highest BCUT2D eigenvalue weighted by Crippen LogP contribution is 2.33. The molecule has 0 saturated carbocycles. The highest BCUT2D eigenvalue weighted by molar-refractivity contribution is 5.76. The second kappa shape index (κ2) is 48.3. The first-order valence-electron chi connectivity index (χ1n) is 32.1. The fraction of sp³-hybridized carbons (Fsp3) is 0.716. The van der Waals surface area contributed by atoms with Gasteiger partial charge in [-0.25, -0.2) is 0 Å². The Kier molecular flexibility index (Phi) is 43.1. The third-order valence-corrected chi connectivity index (χ3v) is 15.3. The van der Waals surface area contributed by atoms with E-state index in [1.54, 1.807) is 6.08 Å². The maximum Gasteiger partial charge on any atom is 0.220 e. The topological polar surface area (TPSA) is 307 Å². The van der Waals surface area contributed by atoms with Crippen LogP contribution < -0.4 is 5.32 Å². The molecule has 3 fully saturated rings. The van der Waals surface area contributed by atoms with E-state index in [-0.39, 0.29) is 12.3 Å². The maximum absolute atomic E-state index is 13.3. The molecule has 3 saturated heterocycles. The first-order valence-corrected chi connectivity index (χ1v) is 32.1. The van der Waals surface area contributed by atoms with Gasteiger partial charge in [-0.1, -0.05) is 181 Å². The Balaban J connectivity index is 1.52. The molecule has 0 aromatic carbocycles. The number of unbranched alkanes of at least 4 members (excludes halogenated alkanes) is 14. The van der Waals surface area contributed by atoms with Crippen LogP contribution in [0.3, 0.4) is 0 Å². The Bertz CT molecular complexity index is 1990. The smallest absolute Gasteiger partial charge is 0.220 e. The summed E-state index contributed by atoms with van der Waals surface area (Å²) in [5.41, 5.74) is 0. The predicted molar refractivity (Wildman–Crippen MR) is 332 cm³/mol. The summed E-state index contributed by atoms with van der Waals surface area (Å²) in [5, 5.41) is 120. The van der Waals surface area contributed by atoms with Crippen LogP contribution in [0, 0.1) is 0 Å². The molecule has 0 radical (unpaired) electrons. The molecular formula is C67H111NO18. The van der Waals surface area contributed by atoms with Crippen LogP contribution in [-0.2, 0) is 33.2 Å². The van der Waals surface area contributed by atoms with Gasteiger partial charge < -0.3 is 89.9 Å². The molecule has 0 bridgehead atoms. The van der Waals surface area contributed by atoms with Gasteiger partial charge in [0.15, 0.2) is 18.9 Å². The second-order valence-electron chi connectivity index (χ2n) is 22.5. The van der Waals surface area contributed by atoms with Crippen molar-refractivity contribution in [1.82, 2.24) is 5.32 Å². The van der Waals surface area contributed by atoms with E-state index in [9.17, 15) is 61.0 Å². The summed E-state index contributed by atoms with van der Waals surface area (Å²) in [6.07, 6.45) is 36.3. The lowest BCUT2D eigenvalue weighted by molar-refractivity contribution is -0.379. The lowest BCUT2D eigenvalue weighted by Gasteiger charge is -2.48. The average Bonchev–Trinajstić information content (AvgIpc) is 2.21. The van der Waals surface area contributed by atoms with E-state index >= 15 is 0 Å². The Hall–Kier alpha value is -3.55. The van der Waals surface area contributed by atoms with E-state index in [0.29, 0.717) is 12.8 Å². The highest BCUT2D eigenvalue weighted by Gasteiger charge is 2.53. The van der Waals surface area contributed by atoms with Crippen LogP contribution in [0.4, 0.5) is 0 Å². The zero-order valence-corrected chi connectivity index (χ0v) is 51.5. The van der Waals surface area contributed by atoms with E-state index < -0.39 is 131 Å². The van der Waals surface area contributed by atoms with E-state index in [1.807, 2.05) is 6.08 Å². The Labute approximate surface area is 513 Å². The van der Waals surface area contributed by atoms with Crippen molar-refractivity contribution in [2.75, 3.05) is 26.4 Å². The van der Waals surface area contributed by atoms with Crippen molar-refractivity contribution in [1.29, 1.82) is 0 Å². The summed E-state index contributed by atoms with van der Waals surface area (Å²) in [4.78, 5) is 13.3. The molecule has 1 amide bonds. The van der Waals surface area contributed by atoms with E-state index in [0.717, 1.165) is 77.0 Å². The minimum atomic E-state index is -1.99. The molecule has 3 rings (SSSR count). The number of aliphatic hydroxyl groups excluding tert-OH is 11. The number of allylic oxidation sites excluding steroid dienone is 17. The number of rotatable bonds is 46. The second-order valence-corrected chi connectivity index (χ2v) is 22.5. The number of carbonyl (C=O) groups excluding carboxylic acids is 1. The number of hydrogen-bond acceptors (Lipinski definition) is 18. The summed E-state index contributed by atoms with van der Waals surface area (Å²) >= 11 is 0. The predicted octanol–water partition coefficient (Wildman–Crippen LogP) is 7.10. The normalized spacial score (nSPS) is 29.5. The minimum Gasteiger partial charge on any atom is -0.394 e. The van der Waals surface area contributed by atoms with Crippen molar-refractivity contribution in [2.24, 2.45) is 0 Å². The monoisotopic (exact) mass is 1220 g/mol. The van der Waals surface area contributed by atoms with Gasteiger partial charge >= 0.3 is 0 Å². The average molecular weight is 1220 g/mol. The lowest BCUT2D eigenvalue weighted by Crippen LogP contribution is -2.66. The molecule has 0 aromatic heterocycles. The molecule has 19 nitrogen and oxygen atoms in total. The fourth-order valence-electron chi connectivity index (χ4n) is 10.0. The highest BCUT2D eigenvalue weighted by atomic mass is 16.8. The molecule has 0 spiro atoms. The molecule has 12 N–H and O–H groups in total. The van der Waals surface area contributed by atoms with E-state index in [1.165, 1.54) is 64.2 Å². The van der Waals surface area contributed by atoms with Crippen LogP contribution in [0.1, 0.15) is 174 Å². The fourth-order valence-corrected chi connectivity index (χ4v) is 10.0. The number of amides is 1. The van der Waals surface area contributed by atoms with Crippen LogP contribution in [0.2, 0.25) is 0 Å². The lowest BCUT2D eigenvalue weighted by atomic mass is 9.96. The maximum atomic E-state index is 13.3. The number of nitrogens with one attached hydrogen (secondary N) is 1. The van der Waals surface area contributed by atoms with Gasteiger partial charge in [-0.05, 0) is 96.3 Å². The van der Waals surface area contributed by atoms with Crippen molar-refractivity contribution in [2.45, 2.75) is 279 Å². The zero-order valence-electron chi connectivity index (χ0n) is 51.5. The van der Waals surface area contributed by atoms with Gasteiger partial charge in [-0.15, -0.1) is 0 Å². The van der Waals surface area contributed by atoms with Gasteiger partial charge in [-0.3, -0.25) is 4.79 Å². The Morgan fingerprint density at radius 2 is 0.814 bits per heavy atom.